The lowest BCUT2D eigenvalue weighted by Crippen LogP contribution is -2.46. The molecule has 6 N–H and O–H groups in total. The second-order valence-electron chi connectivity index (χ2n) is 24.9. The van der Waals surface area contributed by atoms with E-state index < -0.39 is 0 Å². The van der Waals surface area contributed by atoms with Gasteiger partial charge in [0.2, 0.25) is 0 Å². The molecule has 484 valence electrons. The highest BCUT2D eigenvalue weighted by Gasteiger charge is 2.47. The second kappa shape index (κ2) is 28.1. The Bertz CT molecular complexity index is 4260. The number of fused-ring (bicyclic) bond motifs is 6. The van der Waals surface area contributed by atoms with Gasteiger partial charge in [-0.2, -0.15) is 5.10 Å². The minimum absolute atomic E-state index is 0.0142. The molecule has 0 saturated carbocycles. The molecule has 0 bridgehead atoms. The monoisotopic (exact) mass is 1320 g/mol. The zero-order chi connectivity index (χ0) is 64.8. The first-order valence-electron chi connectivity index (χ1n) is 31.9. The topological polar surface area (TPSA) is 224 Å². The number of nitrogens with zero attached hydrogens (tertiary/aromatic N) is 5. The van der Waals surface area contributed by atoms with E-state index in [1.165, 1.54) is 22.3 Å². The van der Waals surface area contributed by atoms with Crippen molar-refractivity contribution >= 4 is 52.7 Å². The summed E-state index contributed by atoms with van der Waals surface area (Å²) in [6.45, 7) is 8.01. The first kappa shape index (κ1) is 64.1. The van der Waals surface area contributed by atoms with E-state index in [0.29, 0.717) is 124 Å². The van der Waals surface area contributed by atoms with Gasteiger partial charge in [-0.15, -0.1) is 11.8 Å². The van der Waals surface area contributed by atoms with Crippen LogP contribution in [0.2, 0.25) is 10.0 Å². The van der Waals surface area contributed by atoms with Crippen molar-refractivity contribution < 1.29 is 41.8 Å². The number of hydrogen-bond acceptors (Lipinski definition) is 14. The summed E-state index contributed by atoms with van der Waals surface area (Å²) < 4.78 is 37.0. The Labute approximate surface area is 560 Å². The molecule has 6 aliphatic heterocycles. The molecule has 3 amide bonds. The van der Waals surface area contributed by atoms with Gasteiger partial charge in [0.05, 0.1) is 48.4 Å². The number of aromatic nitrogens is 2. The van der Waals surface area contributed by atoms with Crippen LogP contribution in [0, 0.1) is 11.8 Å². The number of hydrogen-bond donors (Lipinski definition) is 3. The number of likely N-dealkylation sites (tertiary alicyclic amines) is 3. The Hall–Kier alpha value is -8.67. The Balaban J connectivity index is 0.000000128. The molecule has 3 saturated heterocycles. The molecular weight excluding hydrogens is 1250 g/mol. The Kier molecular flexibility index (Phi) is 19.2. The summed E-state index contributed by atoms with van der Waals surface area (Å²) in [4.78, 5) is 44.6. The van der Waals surface area contributed by atoms with Crippen LogP contribution in [-0.4, -0.2) is 101 Å². The zero-order valence-electron chi connectivity index (χ0n) is 52.2. The minimum Gasteiger partial charge on any atom is -0.492 e. The lowest BCUT2D eigenvalue weighted by Gasteiger charge is -2.38. The maximum Gasteiger partial charge on any atom is 0.289 e. The average Bonchev–Trinajstić information content (AvgIpc) is 1.81. The van der Waals surface area contributed by atoms with Crippen LogP contribution in [-0.2, 0) is 53.9 Å². The fraction of sp³-hybridized carbons (Fsp3) is 0.324. The molecule has 5 aromatic carbocycles. The van der Waals surface area contributed by atoms with Crippen molar-refractivity contribution in [2.24, 2.45) is 17.2 Å². The van der Waals surface area contributed by atoms with Gasteiger partial charge in [-0.05, 0) is 133 Å². The molecule has 9 aromatic rings. The zero-order valence-corrected chi connectivity index (χ0v) is 54.5. The van der Waals surface area contributed by atoms with Gasteiger partial charge < -0.3 is 59.4 Å². The summed E-state index contributed by atoms with van der Waals surface area (Å²) in [5, 5.41) is 5.29. The third kappa shape index (κ3) is 13.8. The molecule has 3 spiro atoms. The predicted molar refractivity (Wildman–Crippen MR) is 361 cm³/mol. The van der Waals surface area contributed by atoms with Gasteiger partial charge in [0, 0.05) is 109 Å². The fourth-order valence-electron chi connectivity index (χ4n) is 13.5. The predicted octanol–water partition coefficient (Wildman–Crippen LogP) is 12.3. The van der Waals surface area contributed by atoms with E-state index in [0.717, 1.165) is 95.3 Å². The number of halogens is 2. The lowest BCUT2D eigenvalue weighted by atomic mass is 9.74. The van der Waals surface area contributed by atoms with E-state index in [4.69, 9.17) is 67.9 Å². The van der Waals surface area contributed by atoms with Crippen LogP contribution in [0.25, 0.3) is 0 Å². The van der Waals surface area contributed by atoms with Crippen molar-refractivity contribution in [1.29, 1.82) is 0 Å². The van der Waals surface area contributed by atoms with Crippen molar-refractivity contribution in [3.63, 3.8) is 0 Å². The highest BCUT2D eigenvalue weighted by atomic mass is 35.5. The molecule has 0 unspecified atom stereocenters. The summed E-state index contributed by atoms with van der Waals surface area (Å²) in [6.07, 6.45) is 8.48. The maximum absolute atomic E-state index is 13.0. The summed E-state index contributed by atoms with van der Waals surface area (Å²) in [5.41, 5.74) is 26.5. The van der Waals surface area contributed by atoms with E-state index in [1.807, 2.05) is 93.6 Å². The van der Waals surface area contributed by atoms with Gasteiger partial charge in [0.25, 0.3) is 17.7 Å². The Morgan fingerprint density at radius 3 is 1.40 bits per heavy atom. The molecule has 0 atom stereocenters. The molecule has 15 rings (SSSR count). The Morgan fingerprint density at radius 2 is 0.936 bits per heavy atom. The van der Waals surface area contributed by atoms with Crippen LogP contribution in [0.5, 0.6) is 17.2 Å². The summed E-state index contributed by atoms with van der Waals surface area (Å²) in [6, 6.07) is 47.0. The number of nitrogens with two attached hydrogens (primary N) is 3. The molecule has 0 aliphatic carbocycles. The van der Waals surface area contributed by atoms with E-state index >= 15 is 0 Å². The molecule has 0 radical (unpaired) electrons. The molecule has 6 aliphatic rings. The van der Waals surface area contributed by atoms with Crippen LogP contribution in [0.15, 0.2) is 171 Å². The SMILES string of the molecule is NCc1ccc2c(c1)C1(CCN(C(=O)c3ccc(C#Cc4ccccc4Cl)o3)CC1)CO2.NCc1ccc2c(c1)C1(CCN(C(=O)c3ccc(CSCc4ccccc4)o3)CC1)CO2.NCc1ccc2c(c1)C1(CCN(C(=O)c3ccc(Cn4cc(Cl)cn4)o3)CC1)CO2. The third-order valence-electron chi connectivity index (χ3n) is 19.1. The average molecular weight is 1320 g/mol. The molecule has 10 heterocycles. The summed E-state index contributed by atoms with van der Waals surface area (Å²) >= 11 is 13.8. The lowest BCUT2D eigenvalue weighted by molar-refractivity contribution is 0.0608. The van der Waals surface area contributed by atoms with Gasteiger partial charge in [-0.1, -0.05) is 108 Å². The fourth-order valence-corrected chi connectivity index (χ4v) is 14.8. The van der Waals surface area contributed by atoms with Crippen LogP contribution in [0.3, 0.4) is 0 Å². The van der Waals surface area contributed by atoms with Crippen LogP contribution < -0.4 is 31.4 Å². The van der Waals surface area contributed by atoms with Crippen molar-refractivity contribution in [2.75, 3.05) is 59.1 Å². The van der Waals surface area contributed by atoms with Gasteiger partial charge in [-0.3, -0.25) is 19.1 Å². The van der Waals surface area contributed by atoms with E-state index in [2.05, 4.69) is 59.4 Å². The molecule has 17 nitrogen and oxygen atoms in total. The first-order chi connectivity index (χ1) is 45.8. The second-order valence-corrected chi connectivity index (χ2v) is 26.8. The largest absolute Gasteiger partial charge is 0.492 e. The summed E-state index contributed by atoms with van der Waals surface area (Å²) in [7, 11) is 0. The number of carbonyl (C=O) groups excluding carboxylic acids is 3. The maximum atomic E-state index is 13.0. The quantitative estimate of drug-likeness (QED) is 0.0968. The van der Waals surface area contributed by atoms with E-state index in [9.17, 15) is 14.4 Å². The Morgan fingerprint density at radius 1 is 0.489 bits per heavy atom. The van der Waals surface area contributed by atoms with Crippen LogP contribution in [0.1, 0.15) is 132 Å². The van der Waals surface area contributed by atoms with Gasteiger partial charge in [0.15, 0.2) is 23.0 Å². The number of rotatable bonds is 12. The first-order valence-corrected chi connectivity index (χ1v) is 33.8. The molecule has 3 fully saturated rings. The number of benzene rings is 5. The summed E-state index contributed by atoms with van der Waals surface area (Å²) in [5.74, 6) is 13.3. The number of furan rings is 3. The van der Waals surface area contributed by atoms with Gasteiger partial charge >= 0.3 is 0 Å². The van der Waals surface area contributed by atoms with Crippen molar-refractivity contribution in [3.05, 3.63) is 247 Å². The number of amides is 3. The van der Waals surface area contributed by atoms with Gasteiger partial charge in [0.1, 0.15) is 28.8 Å². The third-order valence-corrected chi connectivity index (χ3v) is 20.7. The van der Waals surface area contributed by atoms with Crippen molar-refractivity contribution in [1.82, 2.24) is 24.5 Å². The van der Waals surface area contributed by atoms with E-state index in [1.54, 1.807) is 53.1 Å². The molecule has 94 heavy (non-hydrogen) atoms. The van der Waals surface area contributed by atoms with Gasteiger partial charge in [-0.25, -0.2) is 0 Å². The van der Waals surface area contributed by atoms with Crippen LogP contribution in [0.4, 0.5) is 0 Å². The molecular formula is C74H74Cl2N8O9S. The smallest absolute Gasteiger partial charge is 0.289 e. The minimum atomic E-state index is -0.111. The van der Waals surface area contributed by atoms with Crippen molar-refractivity contribution in [2.45, 2.75) is 92.5 Å². The molecule has 20 heteroatoms. The number of thioether (sulfide) groups is 1. The number of ether oxygens (including phenoxy) is 3. The van der Waals surface area contributed by atoms with E-state index in [-0.39, 0.29) is 34.0 Å². The molecule has 4 aromatic heterocycles. The van der Waals surface area contributed by atoms with Crippen molar-refractivity contribution in [3.8, 4) is 29.1 Å². The number of carbonyl (C=O) groups is 3. The standard InChI is InChI=1S/C26H23ClN2O3.C26H28N2O3S.C22H23ClN4O3/c27-22-4-2-1-3-19(22)6-7-20-8-10-24(32-20)25(30)29-13-11-26(12-14-29)17-31-23-9-5-18(16-28)15-21(23)26;27-15-20-6-8-23-22(14-20)26(18-30-23)10-12-28(13-11-26)25(29)24-9-7-21(31-24)17-32-16-19-4-2-1-3-5-19;23-16-11-25-27(12-16)13-17-2-4-20(30-17)21(28)26-7-5-22(6-8-26)14-29-19-3-1-15(10-24)9-18(19)22/h1-5,8-10,15H,11-14,16-17,28H2;1-9,14H,10-13,15-18,27H2;1-4,9,11-12H,5-8,10,13-14,24H2. The number of piperidine rings is 3. The highest BCUT2D eigenvalue weighted by molar-refractivity contribution is 7.97. The normalized spacial score (nSPS) is 16.7. The van der Waals surface area contributed by atoms with Crippen LogP contribution >= 0.6 is 35.0 Å². The highest BCUT2D eigenvalue weighted by Crippen LogP contribution is 2.49.